The summed E-state index contributed by atoms with van der Waals surface area (Å²) < 4.78 is 1.43. The Hall–Kier alpha value is -3.51. The molecule has 5 rings (SSSR count). The van der Waals surface area contributed by atoms with E-state index in [2.05, 4.69) is 35.0 Å². The molecule has 4 aromatic heterocycles. The second kappa shape index (κ2) is 13.0. The van der Waals surface area contributed by atoms with Crippen LogP contribution in [0.2, 0.25) is 10.3 Å². The fourth-order valence-corrected chi connectivity index (χ4v) is 3.32. The molecule has 36 heavy (non-hydrogen) atoms. The van der Waals surface area contributed by atoms with Gasteiger partial charge in [-0.25, -0.2) is 4.99 Å². The Morgan fingerprint density at radius 2 is 1.50 bits per heavy atom. The molecule has 184 valence electrons. The molecular weight excluding hydrogens is 552 g/mol. The molecule has 0 radical (unpaired) electrons. The van der Waals surface area contributed by atoms with Gasteiger partial charge < -0.3 is 5.73 Å². The first-order valence-electron chi connectivity index (χ1n) is 9.86. The Balaban J connectivity index is 0.000000166. The highest BCUT2D eigenvalue weighted by Gasteiger charge is 2.10. The molecule has 0 saturated heterocycles. The van der Waals surface area contributed by atoms with Crippen LogP contribution in [0.15, 0.2) is 65.1 Å². The predicted molar refractivity (Wildman–Crippen MR) is 138 cm³/mol. The van der Waals surface area contributed by atoms with Crippen molar-refractivity contribution in [2.24, 2.45) is 15.7 Å². The molecule has 0 unspecified atom stereocenters. The van der Waals surface area contributed by atoms with Crippen LogP contribution in [-0.4, -0.2) is 58.3 Å². The number of hydrogen-bond acceptors (Lipinski definition) is 10. The van der Waals surface area contributed by atoms with Crippen molar-refractivity contribution in [1.29, 1.82) is 0 Å². The third-order valence-electron chi connectivity index (χ3n) is 4.03. The van der Waals surface area contributed by atoms with Crippen molar-refractivity contribution in [3.8, 4) is 11.4 Å². The largest absolute Gasteiger partial charge is 0.386 e. The number of carbonyl (C=O) groups excluding carboxylic acids is 2. The molecule has 0 bridgehead atoms. The van der Waals surface area contributed by atoms with Crippen molar-refractivity contribution in [2.75, 3.05) is 6.54 Å². The van der Waals surface area contributed by atoms with Crippen molar-refractivity contribution < 1.29 is 9.59 Å². The smallest absolute Gasteiger partial charge is 0.255 e. The topological polar surface area (TPSA) is 154 Å². The van der Waals surface area contributed by atoms with E-state index in [1.807, 2.05) is 24.3 Å². The minimum Gasteiger partial charge on any atom is -0.386 e. The summed E-state index contributed by atoms with van der Waals surface area (Å²) in [6.45, 7) is 0.512. The van der Waals surface area contributed by atoms with Crippen molar-refractivity contribution in [3.05, 3.63) is 71.0 Å². The summed E-state index contributed by atoms with van der Waals surface area (Å²) in [5.74, 6) is 2.18. The highest BCUT2D eigenvalue weighted by atomic mass is 35.5. The summed E-state index contributed by atoms with van der Waals surface area (Å²) in [6.07, 6.45) is 6.37. The zero-order valence-electron chi connectivity index (χ0n) is 18.1. The molecule has 15 heteroatoms. The van der Waals surface area contributed by atoms with Crippen LogP contribution in [0.25, 0.3) is 17.2 Å². The molecule has 0 aliphatic carbocycles. The van der Waals surface area contributed by atoms with Crippen LogP contribution in [0.3, 0.4) is 0 Å². The minimum atomic E-state index is -0.722. The van der Waals surface area contributed by atoms with E-state index in [0.29, 0.717) is 35.0 Å². The van der Waals surface area contributed by atoms with Crippen LogP contribution in [0.4, 0.5) is 0 Å². The number of aromatic nitrogens is 6. The molecule has 5 heterocycles. The summed E-state index contributed by atoms with van der Waals surface area (Å²) in [4.78, 5) is 43.8. The Kier molecular flexibility index (Phi) is 9.77. The average Bonchev–Trinajstić information content (AvgIpc) is 3.47. The second-order valence-electron chi connectivity index (χ2n) is 6.65. The highest BCUT2D eigenvalue weighted by Crippen LogP contribution is 2.19. The van der Waals surface area contributed by atoms with Gasteiger partial charge in [-0.2, -0.15) is 14.5 Å². The lowest BCUT2D eigenvalue weighted by Crippen LogP contribution is -2.11. The summed E-state index contributed by atoms with van der Waals surface area (Å²) in [5, 5.41) is 3.46. The van der Waals surface area contributed by atoms with Gasteiger partial charge in [0, 0.05) is 42.0 Å². The summed E-state index contributed by atoms with van der Waals surface area (Å²) in [5.41, 5.74) is 7.29. The van der Waals surface area contributed by atoms with Gasteiger partial charge in [-0.15, -0.1) is 5.10 Å². The normalized spacial score (nSPS) is 12.0. The third kappa shape index (κ3) is 8.02. The fraction of sp³-hybridized carbons (Fsp3) is 0.0952. The van der Waals surface area contributed by atoms with Crippen molar-refractivity contribution in [3.63, 3.8) is 0 Å². The quantitative estimate of drug-likeness (QED) is 0.223. The van der Waals surface area contributed by atoms with Gasteiger partial charge in [0.05, 0.1) is 13.0 Å². The third-order valence-corrected chi connectivity index (χ3v) is 4.76. The predicted octanol–water partition coefficient (Wildman–Crippen LogP) is 3.60. The number of nitrogens with zero attached hydrogens (tertiary/aromatic N) is 8. The lowest BCUT2D eigenvalue weighted by atomic mass is 10.2. The molecule has 0 fully saturated rings. The summed E-state index contributed by atoms with van der Waals surface area (Å²) in [6, 6.07) is 8.86. The van der Waals surface area contributed by atoms with E-state index in [1.165, 1.54) is 10.6 Å². The first kappa shape index (κ1) is 27.1. The number of rotatable bonds is 4. The van der Waals surface area contributed by atoms with E-state index < -0.39 is 10.5 Å². The monoisotopic (exact) mass is 565 g/mol. The molecule has 1 aliphatic heterocycles. The Morgan fingerprint density at radius 3 is 2.00 bits per heavy atom. The maximum atomic E-state index is 9.71. The second-order valence-corrected chi connectivity index (χ2v) is 8.27. The first-order chi connectivity index (χ1) is 17.2. The van der Waals surface area contributed by atoms with Crippen molar-refractivity contribution in [2.45, 2.75) is 6.42 Å². The van der Waals surface area contributed by atoms with Crippen molar-refractivity contribution in [1.82, 2.24) is 29.5 Å². The minimum absolute atomic E-state index is 0.288. The van der Waals surface area contributed by atoms with Crippen LogP contribution in [0.5, 0.6) is 0 Å². The van der Waals surface area contributed by atoms with E-state index >= 15 is 0 Å². The van der Waals surface area contributed by atoms with Gasteiger partial charge in [-0.05, 0) is 47.5 Å². The van der Waals surface area contributed by atoms with Gasteiger partial charge >= 0.3 is 0 Å². The van der Waals surface area contributed by atoms with E-state index in [1.54, 1.807) is 24.8 Å². The molecule has 2 N–H and O–H groups in total. The van der Waals surface area contributed by atoms with E-state index in [0.717, 1.165) is 11.1 Å². The Morgan fingerprint density at radius 1 is 0.917 bits per heavy atom. The number of pyridine rings is 2. The van der Waals surface area contributed by atoms with Crippen LogP contribution in [0.1, 0.15) is 12.0 Å². The number of fused-ring (bicyclic) bond motifs is 1. The molecule has 4 aromatic rings. The van der Waals surface area contributed by atoms with Gasteiger partial charge in [0.2, 0.25) is 10.5 Å². The van der Waals surface area contributed by atoms with E-state index in [9.17, 15) is 9.59 Å². The average molecular weight is 567 g/mol. The molecule has 0 saturated carbocycles. The number of nitrogens with two attached hydrogens (primary N) is 1. The first-order valence-corrected chi connectivity index (χ1v) is 11.4. The summed E-state index contributed by atoms with van der Waals surface area (Å²) >= 11 is 21.2. The molecule has 1 aliphatic rings. The lowest BCUT2D eigenvalue weighted by Gasteiger charge is -1.94. The van der Waals surface area contributed by atoms with Gasteiger partial charge in [0.1, 0.15) is 16.1 Å². The fourth-order valence-electron chi connectivity index (χ4n) is 2.56. The molecule has 11 nitrogen and oxygen atoms in total. The maximum absolute atomic E-state index is 9.71. The molecule has 0 atom stereocenters. The number of halogens is 4. The maximum Gasteiger partial charge on any atom is 0.255 e. The zero-order valence-corrected chi connectivity index (χ0v) is 21.1. The Bertz CT molecular complexity index is 1420. The highest BCUT2D eigenvalue weighted by molar-refractivity contribution is 6.72. The van der Waals surface area contributed by atoms with Crippen LogP contribution >= 0.6 is 46.4 Å². The van der Waals surface area contributed by atoms with Gasteiger partial charge in [0.15, 0.2) is 11.7 Å². The Labute approximate surface area is 224 Å². The van der Waals surface area contributed by atoms with Gasteiger partial charge in [0.25, 0.3) is 5.78 Å². The van der Waals surface area contributed by atoms with Crippen LogP contribution in [-0.2, 0) is 9.59 Å². The molecule has 0 aromatic carbocycles. The number of aliphatic imine (C=N–C) groups is 2. The van der Waals surface area contributed by atoms with Gasteiger partial charge in [-0.1, -0.05) is 23.2 Å². The standard InChI is InChI=1S/C10H5Cl2N5.C8H8N4.C3H2Cl2O2/c11-7-5-8(12)17-10(14-7)15-9(16-17)6-1-3-13-4-2-6;9-7-5-11-8(12-7)6-1-3-10-4-2-6;4-2(6)1-3(5)7/h1-5H;1-4H,5H2,(H2,9,11,12);1H2. The number of amidine groups is 2. The van der Waals surface area contributed by atoms with E-state index in [-0.39, 0.29) is 11.6 Å². The van der Waals surface area contributed by atoms with Gasteiger partial charge in [-0.3, -0.25) is 24.5 Å². The van der Waals surface area contributed by atoms with Crippen molar-refractivity contribution >= 4 is 74.3 Å². The lowest BCUT2D eigenvalue weighted by molar-refractivity contribution is -0.118. The molecule has 0 amide bonds. The number of carbonyl (C=O) groups is 2. The van der Waals surface area contributed by atoms with Crippen LogP contribution in [0, 0.1) is 0 Å². The SMILES string of the molecule is Clc1cc(Cl)n2nc(-c3ccncc3)nc2n1.NC1=NC(c2ccncc2)=NC1.O=C(Cl)CC(=O)Cl. The van der Waals surface area contributed by atoms with E-state index in [4.69, 9.17) is 52.1 Å². The van der Waals surface area contributed by atoms with Crippen LogP contribution < -0.4 is 5.73 Å². The zero-order chi connectivity index (χ0) is 26.1. The molecule has 0 spiro atoms. The number of hydrogen-bond donors (Lipinski definition) is 1. The molecular formula is C21H15Cl4N9O2. The summed E-state index contributed by atoms with van der Waals surface area (Å²) in [7, 11) is 0.